The van der Waals surface area contributed by atoms with E-state index in [1.165, 1.54) is 0 Å². The van der Waals surface area contributed by atoms with Gasteiger partial charge in [-0.25, -0.2) is 0 Å². The molecular formula is C15H21NO2. The highest BCUT2D eigenvalue weighted by Gasteiger charge is 2.26. The summed E-state index contributed by atoms with van der Waals surface area (Å²) in [4.78, 5) is 14.2. The van der Waals surface area contributed by atoms with Crippen molar-refractivity contribution in [2.45, 2.75) is 27.2 Å². The average molecular weight is 247 g/mol. The summed E-state index contributed by atoms with van der Waals surface area (Å²) in [7, 11) is 0. The molecule has 1 aliphatic heterocycles. The molecule has 1 heterocycles. The highest BCUT2D eigenvalue weighted by Crippen LogP contribution is 2.25. The van der Waals surface area contributed by atoms with Gasteiger partial charge < -0.3 is 10.0 Å². The molecule has 1 aromatic carbocycles. The summed E-state index contributed by atoms with van der Waals surface area (Å²) in [5.74, 6) is 1.45. The number of benzene rings is 1. The molecule has 1 fully saturated rings. The lowest BCUT2D eigenvalue weighted by atomic mass is 9.88. The first-order chi connectivity index (χ1) is 8.49. The van der Waals surface area contributed by atoms with Gasteiger partial charge in [0.05, 0.1) is 0 Å². The molecule has 0 spiro atoms. The van der Waals surface area contributed by atoms with Crippen LogP contribution in [0.4, 0.5) is 0 Å². The largest absolute Gasteiger partial charge is 0.508 e. The highest BCUT2D eigenvalue weighted by molar-refractivity contribution is 5.94. The Labute approximate surface area is 108 Å². The van der Waals surface area contributed by atoms with Crippen molar-refractivity contribution in [3.05, 3.63) is 29.3 Å². The van der Waals surface area contributed by atoms with Crippen LogP contribution in [0.25, 0.3) is 0 Å². The molecule has 2 unspecified atom stereocenters. The number of likely N-dealkylation sites (tertiary alicyclic amines) is 1. The van der Waals surface area contributed by atoms with Gasteiger partial charge in [-0.05, 0) is 42.9 Å². The molecule has 1 amide bonds. The molecule has 0 aliphatic carbocycles. The Bertz CT molecular complexity index is 456. The monoisotopic (exact) mass is 247 g/mol. The number of hydrogen-bond acceptors (Lipinski definition) is 2. The third-order valence-electron chi connectivity index (χ3n) is 4.08. The summed E-state index contributed by atoms with van der Waals surface area (Å²) < 4.78 is 0. The van der Waals surface area contributed by atoms with Gasteiger partial charge in [0.25, 0.3) is 5.91 Å². The van der Waals surface area contributed by atoms with Crippen LogP contribution in [0.5, 0.6) is 5.75 Å². The van der Waals surface area contributed by atoms with Crippen LogP contribution in [-0.4, -0.2) is 29.0 Å². The fourth-order valence-electron chi connectivity index (χ4n) is 2.37. The van der Waals surface area contributed by atoms with Crippen molar-refractivity contribution in [3.8, 4) is 5.75 Å². The molecule has 1 aromatic rings. The Kier molecular flexibility index (Phi) is 3.60. The van der Waals surface area contributed by atoms with Gasteiger partial charge in [-0.3, -0.25) is 4.79 Å². The molecule has 2 rings (SSSR count). The van der Waals surface area contributed by atoms with E-state index >= 15 is 0 Å². The van der Waals surface area contributed by atoms with Gasteiger partial charge in [-0.15, -0.1) is 0 Å². The summed E-state index contributed by atoms with van der Waals surface area (Å²) in [5.41, 5.74) is 1.38. The Balaban J connectivity index is 2.14. The number of aromatic hydroxyl groups is 1. The second-order valence-electron chi connectivity index (χ2n) is 5.50. The normalized spacial score (nSPS) is 24.1. The molecular weight excluding hydrogens is 226 g/mol. The van der Waals surface area contributed by atoms with Gasteiger partial charge in [-0.2, -0.15) is 0 Å². The number of piperidine rings is 1. The van der Waals surface area contributed by atoms with Crippen LogP contribution in [0.1, 0.15) is 36.2 Å². The number of aryl methyl sites for hydroxylation is 1. The predicted molar refractivity (Wildman–Crippen MR) is 71.7 cm³/mol. The molecule has 0 saturated carbocycles. The highest BCUT2D eigenvalue weighted by atomic mass is 16.3. The lowest BCUT2D eigenvalue weighted by Crippen LogP contribution is -2.42. The van der Waals surface area contributed by atoms with Gasteiger partial charge in [0.2, 0.25) is 0 Å². The number of carbonyl (C=O) groups excluding carboxylic acids is 1. The summed E-state index contributed by atoms with van der Waals surface area (Å²) in [6, 6.07) is 5.15. The second-order valence-corrected chi connectivity index (χ2v) is 5.50. The first-order valence-corrected chi connectivity index (χ1v) is 6.58. The lowest BCUT2D eigenvalue weighted by molar-refractivity contribution is 0.0627. The van der Waals surface area contributed by atoms with E-state index < -0.39 is 0 Å². The fraction of sp³-hybridized carbons (Fsp3) is 0.533. The van der Waals surface area contributed by atoms with Gasteiger partial charge in [-0.1, -0.05) is 19.9 Å². The van der Waals surface area contributed by atoms with E-state index in [4.69, 9.17) is 0 Å². The number of rotatable bonds is 1. The van der Waals surface area contributed by atoms with Gasteiger partial charge >= 0.3 is 0 Å². The Morgan fingerprint density at radius 1 is 1.33 bits per heavy atom. The maximum Gasteiger partial charge on any atom is 0.253 e. The van der Waals surface area contributed by atoms with Crippen molar-refractivity contribution < 1.29 is 9.90 Å². The van der Waals surface area contributed by atoms with Crippen molar-refractivity contribution >= 4 is 5.91 Å². The number of phenols is 1. The summed E-state index contributed by atoms with van der Waals surface area (Å²) >= 11 is 0. The molecule has 18 heavy (non-hydrogen) atoms. The van der Waals surface area contributed by atoms with Crippen molar-refractivity contribution in [1.29, 1.82) is 0 Å². The van der Waals surface area contributed by atoms with Crippen molar-refractivity contribution in [2.24, 2.45) is 11.8 Å². The third kappa shape index (κ3) is 2.50. The van der Waals surface area contributed by atoms with E-state index in [1.54, 1.807) is 18.2 Å². The number of hydrogen-bond donors (Lipinski definition) is 1. The number of carbonyl (C=O) groups is 1. The Morgan fingerprint density at radius 2 is 2.06 bits per heavy atom. The van der Waals surface area contributed by atoms with Gasteiger partial charge in [0.1, 0.15) is 5.75 Å². The molecule has 1 saturated heterocycles. The third-order valence-corrected chi connectivity index (χ3v) is 4.08. The van der Waals surface area contributed by atoms with Crippen molar-refractivity contribution in [2.75, 3.05) is 13.1 Å². The topological polar surface area (TPSA) is 40.5 Å². The van der Waals surface area contributed by atoms with E-state index in [0.717, 1.165) is 25.1 Å². The van der Waals surface area contributed by atoms with Gasteiger partial charge in [0.15, 0.2) is 0 Å². The quantitative estimate of drug-likeness (QED) is 0.829. The van der Waals surface area contributed by atoms with Gasteiger partial charge in [0, 0.05) is 18.7 Å². The number of nitrogens with zero attached hydrogens (tertiary/aromatic N) is 1. The minimum absolute atomic E-state index is 0.0315. The van der Waals surface area contributed by atoms with E-state index in [9.17, 15) is 9.90 Å². The minimum atomic E-state index is 0.0315. The zero-order valence-corrected chi connectivity index (χ0v) is 11.3. The maximum atomic E-state index is 12.3. The van der Waals surface area contributed by atoms with Crippen LogP contribution < -0.4 is 0 Å². The smallest absolute Gasteiger partial charge is 0.253 e. The molecule has 0 radical (unpaired) electrons. The second kappa shape index (κ2) is 5.01. The van der Waals surface area contributed by atoms with E-state index in [1.807, 2.05) is 11.8 Å². The van der Waals surface area contributed by atoms with E-state index in [-0.39, 0.29) is 11.7 Å². The maximum absolute atomic E-state index is 12.3. The lowest BCUT2D eigenvalue weighted by Gasteiger charge is -2.35. The summed E-state index contributed by atoms with van der Waals surface area (Å²) in [5, 5.41) is 9.67. The number of amides is 1. The molecule has 1 N–H and O–H groups in total. The first kappa shape index (κ1) is 12.9. The predicted octanol–water partition coefficient (Wildman–Crippen LogP) is 2.82. The molecule has 3 nitrogen and oxygen atoms in total. The van der Waals surface area contributed by atoms with Crippen LogP contribution in [-0.2, 0) is 0 Å². The van der Waals surface area contributed by atoms with E-state index in [2.05, 4.69) is 13.8 Å². The van der Waals surface area contributed by atoms with Crippen LogP contribution >= 0.6 is 0 Å². The SMILES string of the molecule is Cc1ccc(C(=O)N2CCC(C)C(C)C2)cc1O. The number of phenolic OH excluding ortho intramolecular Hbond substituents is 1. The summed E-state index contributed by atoms with van der Waals surface area (Å²) in [6.07, 6.45) is 1.06. The zero-order chi connectivity index (χ0) is 13.3. The molecule has 2 atom stereocenters. The molecule has 98 valence electrons. The molecule has 1 aliphatic rings. The van der Waals surface area contributed by atoms with E-state index in [0.29, 0.717) is 17.4 Å². The van der Waals surface area contributed by atoms with Crippen LogP contribution in [0, 0.1) is 18.8 Å². The summed E-state index contributed by atoms with van der Waals surface area (Å²) in [6.45, 7) is 7.89. The van der Waals surface area contributed by atoms with Crippen molar-refractivity contribution in [3.63, 3.8) is 0 Å². The van der Waals surface area contributed by atoms with Crippen LogP contribution in [0.15, 0.2) is 18.2 Å². The first-order valence-electron chi connectivity index (χ1n) is 6.58. The van der Waals surface area contributed by atoms with Crippen LogP contribution in [0.3, 0.4) is 0 Å². The fourth-order valence-corrected chi connectivity index (χ4v) is 2.37. The Morgan fingerprint density at radius 3 is 2.67 bits per heavy atom. The molecule has 0 aromatic heterocycles. The average Bonchev–Trinajstić information content (AvgIpc) is 2.35. The zero-order valence-electron chi connectivity index (χ0n) is 11.3. The van der Waals surface area contributed by atoms with Crippen molar-refractivity contribution in [1.82, 2.24) is 4.90 Å². The molecule has 0 bridgehead atoms. The van der Waals surface area contributed by atoms with Crippen LogP contribution in [0.2, 0.25) is 0 Å². The minimum Gasteiger partial charge on any atom is -0.508 e. The Hall–Kier alpha value is -1.51. The molecule has 3 heteroatoms. The standard InChI is InChI=1S/C15H21NO2/c1-10-6-7-16(9-12(10)3)15(18)13-5-4-11(2)14(17)8-13/h4-5,8,10,12,17H,6-7,9H2,1-3H3.